The highest BCUT2D eigenvalue weighted by Crippen LogP contribution is 2.39. The second kappa shape index (κ2) is 8.10. The van der Waals surface area contributed by atoms with Crippen molar-refractivity contribution in [3.63, 3.8) is 0 Å². The molecule has 2 aromatic rings. The summed E-state index contributed by atoms with van der Waals surface area (Å²) in [4.78, 5) is 19.0. The monoisotopic (exact) mass is 385 g/mol. The fraction of sp³-hybridized carbons (Fsp3) is 0.500. The topological polar surface area (TPSA) is 63.1 Å². The van der Waals surface area contributed by atoms with Crippen molar-refractivity contribution in [1.82, 2.24) is 14.7 Å². The number of hydrogen-bond acceptors (Lipinski definition) is 7. The Hall–Kier alpha value is -2.74. The van der Waals surface area contributed by atoms with Crippen molar-refractivity contribution in [2.75, 3.05) is 69.3 Å². The molecule has 0 amide bonds. The predicted octanol–water partition coefficient (Wildman–Crippen LogP) is 0.810. The molecular formula is C20H27N5O3. The lowest BCUT2D eigenvalue weighted by molar-refractivity contribution is 0.171. The van der Waals surface area contributed by atoms with Gasteiger partial charge in [-0.3, -0.25) is 9.69 Å². The lowest BCUT2D eigenvalue weighted by Crippen LogP contribution is -2.48. The molecule has 0 unspecified atom stereocenters. The van der Waals surface area contributed by atoms with Crippen molar-refractivity contribution in [3.8, 4) is 11.5 Å². The number of ether oxygens (including phenoxy) is 2. The predicted molar refractivity (Wildman–Crippen MR) is 109 cm³/mol. The normalized spacial score (nSPS) is 16.9. The minimum absolute atomic E-state index is 0.0640. The van der Waals surface area contributed by atoms with Gasteiger partial charge in [0.05, 0.1) is 5.69 Å². The molecule has 0 aliphatic carbocycles. The number of hydrogen-bond donors (Lipinski definition) is 0. The van der Waals surface area contributed by atoms with E-state index in [-0.39, 0.29) is 5.56 Å². The Balaban J connectivity index is 1.33. The van der Waals surface area contributed by atoms with Crippen LogP contribution >= 0.6 is 0 Å². The smallest absolute Gasteiger partial charge is 0.289 e. The van der Waals surface area contributed by atoms with Crippen molar-refractivity contribution < 1.29 is 9.47 Å². The van der Waals surface area contributed by atoms with Crippen molar-refractivity contribution >= 4 is 11.4 Å². The fourth-order valence-electron chi connectivity index (χ4n) is 3.72. The number of aromatic nitrogens is 2. The second-order valence-electron chi connectivity index (χ2n) is 7.20. The van der Waals surface area contributed by atoms with Crippen molar-refractivity contribution in [1.29, 1.82) is 0 Å². The molecule has 1 aromatic heterocycles. The third-order valence-electron chi connectivity index (χ3n) is 5.41. The Bertz CT molecular complexity index is 876. The summed E-state index contributed by atoms with van der Waals surface area (Å²) in [5, 5.41) is 3.98. The second-order valence-corrected chi connectivity index (χ2v) is 7.20. The van der Waals surface area contributed by atoms with Crippen LogP contribution in [0, 0.1) is 0 Å². The maximum absolute atomic E-state index is 12.2. The van der Waals surface area contributed by atoms with Crippen molar-refractivity contribution in [2.45, 2.75) is 0 Å². The molecule has 150 valence electrons. The molecular weight excluding hydrogens is 358 g/mol. The van der Waals surface area contributed by atoms with Crippen molar-refractivity contribution in [2.24, 2.45) is 7.05 Å². The maximum Gasteiger partial charge on any atom is 0.289 e. The largest absolute Gasteiger partial charge is 0.486 e. The first-order valence-electron chi connectivity index (χ1n) is 9.73. The third-order valence-corrected chi connectivity index (χ3v) is 5.41. The first-order valence-corrected chi connectivity index (χ1v) is 9.73. The summed E-state index contributed by atoms with van der Waals surface area (Å²) in [5.41, 5.74) is 1.74. The molecule has 3 heterocycles. The van der Waals surface area contributed by atoms with Gasteiger partial charge in [-0.15, -0.1) is 0 Å². The summed E-state index contributed by atoms with van der Waals surface area (Å²) < 4.78 is 12.9. The molecule has 1 saturated heterocycles. The minimum atomic E-state index is -0.0640. The molecule has 0 saturated carbocycles. The molecule has 0 atom stereocenters. The number of piperazine rings is 1. The highest BCUT2D eigenvalue weighted by molar-refractivity contribution is 5.65. The number of anilines is 2. The van der Waals surface area contributed by atoms with E-state index in [0.717, 1.165) is 56.5 Å². The van der Waals surface area contributed by atoms with Gasteiger partial charge in [-0.1, -0.05) is 6.07 Å². The lowest BCUT2D eigenvalue weighted by atomic mass is 10.2. The summed E-state index contributed by atoms with van der Waals surface area (Å²) in [7, 11) is 3.64. The van der Waals surface area contributed by atoms with Gasteiger partial charge in [-0.05, 0) is 18.2 Å². The summed E-state index contributed by atoms with van der Waals surface area (Å²) in [6, 6.07) is 7.88. The molecule has 2 aliphatic heterocycles. The standard InChI is InChI=1S/C20H27N5O3/c1-22(17-6-7-21-23(2)20(17)26)8-9-24-10-12-25(13-11-24)16-4-3-5-18-19(16)28-15-14-27-18/h3-7H,8-15H2,1-2H3. The highest BCUT2D eigenvalue weighted by Gasteiger charge is 2.23. The third kappa shape index (κ3) is 3.77. The Labute approximate surface area is 164 Å². The van der Waals surface area contributed by atoms with Crippen LogP contribution in [0.2, 0.25) is 0 Å². The summed E-state index contributed by atoms with van der Waals surface area (Å²) >= 11 is 0. The number of likely N-dealkylation sites (N-methyl/N-ethyl adjacent to an activating group) is 1. The summed E-state index contributed by atoms with van der Waals surface area (Å²) in [5.74, 6) is 1.71. The van der Waals surface area contributed by atoms with E-state index >= 15 is 0 Å². The SMILES string of the molecule is CN(CCN1CCN(c2cccc3c2OCCO3)CC1)c1ccnn(C)c1=O. The van der Waals surface area contributed by atoms with Crippen LogP contribution in [0.15, 0.2) is 35.3 Å². The highest BCUT2D eigenvalue weighted by atomic mass is 16.6. The van der Waals surface area contributed by atoms with E-state index in [4.69, 9.17) is 9.47 Å². The minimum Gasteiger partial charge on any atom is -0.486 e. The number of nitrogens with zero attached hydrogens (tertiary/aromatic N) is 5. The summed E-state index contributed by atoms with van der Waals surface area (Å²) in [6.07, 6.45) is 1.67. The molecule has 28 heavy (non-hydrogen) atoms. The molecule has 0 bridgehead atoms. The molecule has 8 heteroatoms. The van der Waals surface area contributed by atoms with Crippen LogP contribution < -0.4 is 24.8 Å². The number of fused-ring (bicyclic) bond motifs is 1. The zero-order valence-corrected chi connectivity index (χ0v) is 16.5. The Morgan fingerprint density at radius 3 is 2.71 bits per heavy atom. The van der Waals surface area contributed by atoms with Gasteiger partial charge in [0.2, 0.25) is 0 Å². The maximum atomic E-state index is 12.2. The zero-order valence-electron chi connectivity index (χ0n) is 16.5. The molecule has 4 rings (SSSR count). The van der Waals surface area contributed by atoms with Gasteiger partial charge in [0.25, 0.3) is 5.56 Å². The molecule has 0 N–H and O–H groups in total. The van der Waals surface area contributed by atoms with Crippen LogP contribution in [0.4, 0.5) is 11.4 Å². The Morgan fingerprint density at radius 2 is 1.89 bits per heavy atom. The number of aryl methyl sites for hydroxylation is 1. The van der Waals surface area contributed by atoms with Crippen LogP contribution in [0.3, 0.4) is 0 Å². The number of para-hydroxylation sites is 1. The van der Waals surface area contributed by atoms with Gasteiger partial charge in [-0.25, -0.2) is 4.68 Å². The van der Waals surface area contributed by atoms with E-state index < -0.39 is 0 Å². The van der Waals surface area contributed by atoms with Crippen molar-refractivity contribution in [3.05, 3.63) is 40.8 Å². The lowest BCUT2D eigenvalue weighted by Gasteiger charge is -2.38. The van der Waals surface area contributed by atoms with E-state index in [1.54, 1.807) is 19.3 Å². The van der Waals surface area contributed by atoms with Crippen LogP contribution in [0.25, 0.3) is 0 Å². The van der Waals surface area contributed by atoms with Gasteiger partial charge in [-0.2, -0.15) is 5.10 Å². The zero-order chi connectivity index (χ0) is 19.5. The van der Waals surface area contributed by atoms with Crippen LogP contribution in [0.1, 0.15) is 0 Å². The average molecular weight is 385 g/mol. The first kappa shape index (κ1) is 18.6. The Morgan fingerprint density at radius 1 is 1.11 bits per heavy atom. The fourth-order valence-corrected chi connectivity index (χ4v) is 3.72. The van der Waals surface area contributed by atoms with Gasteiger partial charge >= 0.3 is 0 Å². The van der Waals surface area contributed by atoms with E-state index in [1.165, 1.54) is 4.68 Å². The molecule has 8 nitrogen and oxygen atoms in total. The average Bonchev–Trinajstić information content (AvgIpc) is 2.74. The van der Waals surface area contributed by atoms with Crippen LogP contribution in [0.5, 0.6) is 11.5 Å². The molecule has 1 fully saturated rings. The number of benzene rings is 1. The van der Waals surface area contributed by atoms with Crippen LogP contribution in [-0.4, -0.2) is 74.2 Å². The van der Waals surface area contributed by atoms with Gasteiger partial charge < -0.3 is 19.3 Å². The molecule has 0 radical (unpaired) electrons. The van der Waals surface area contributed by atoms with Gasteiger partial charge in [0, 0.05) is 59.6 Å². The van der Waals surface area contributed by atoms with E-state index in [0.29, 0.717) is 18.9 Å². The molecule has 1 aromatic carbocycles. The van der Waals surface area contributed by atoms with Gasteiger partial charge in [0.15, 0.2) is 11.5 Å². The van der Waals surface area contributed by atoms with Gasteiger partial charge in [0.1, 0.15) is 18.9 Å². The van der Waals surface area contributed by atoms with E-state index in [9.17, 15) is 4.79 Å². The van der Waals surface area contributed by atoms with E-state index in [1.807, 2.05) is 24.1 Å². The first-order chi connectivity index (χ1) is 13.6. The molecule has 0 spiro atoms. The summed E-state index contributed by atoms with van der Waals surface area (Å²) in [6.45, 7) is 6.78. The van der Waals surface area contributed by atoms with Crippen LogP contribution in [-0.2, 0) is 7.05 Å². The molecule has 2 aliphatic rings. The number of rotatable bonds is 5. The quantitative estimate of drug-likeness (QED) is 0.755. The van der Waals surface area contributed by atoms with E-state index in [2.05, 4.69) is 21.0 Å². The Kier molecular flexibility index (Phi) is 5.38.